The van der Waals surface area contributed by atoms with Crippen LogP contribution in [0.4, 0.5) is 5.69 Å². The van der Waals surface area contributed by atoms with Gasteiger partial charge in [0.2, 0.25) is 5.91 Å². The molecule has 88 valence electrons. The van der Waals surface area contributed by atoms with Crippen LogP contribution in [0.1, 0.15) is 25.0 Å². The van der Waals surface area contributed by atoms with Crippen LogP contribution in [0.3, 0.4) is 0 Å². The van der Waals surface area contributed by atoms with Gasteiger partial charge in [0, 0.05) is 13.7 Å². The van der Waals surface area contributed by atoms with E-state index in [0.29, 0.717) is 18.1 Å². The number of nitrogens with zero attached hydrogens (tertiary/aromatic N) is 1. The summed E-state index contributed by atoms with van der Waals surface area (Å²) in [6.07, 6.45) is 4.18. The monoisotopic (exact) mass is 224 g/mol. The Balaban J connectivity index is 1.96. The number of anilines is 1. The fraction of sp³-hybridized carbons (Fsp3) is 0.636. The number of aromatic nitrogens is 1. The second-order valence-electron chi connectivity index (χ2n) is 4.27. The van der Waals surface area contributed by atoms with Crippen molar-refractivity contribution >= 4 is 11.6 Å². The molecule has 1 heterocycles. The normalized spacial score (nSPS) is 17.1. The number of rotatable bonds is 5. The lowest BCUT2D eigenvalue weighted by atomic mass is 10.0. The van der Waals surface area contributed by atoms with Gasteiger partial charge in [-0.05, 0) is 26.2 Å². The molecule has 1 aliphatic rings. The van der Waals surface area contributed by atoms with Crippen molar-refractivity contribution in [3.05, 3.63) is 12.0 Å². The van der Waals surface area contributed by atoms with Crippen molar-refractivity contribution in [1.29, 1.82) is 0 Å². The van der Waals surface area contributed by atoms with Crippen molar-refractivity contribution in [3.63, 3.8) is 0 Å². The second-order valence-corrected chi connectivity index (χ2v) is 4.27. The predicted molar refractivity (Wildman–Crippen MR) is 58.0 cm³/mol. The average molecular weight is 224 g/mol. The minimum absolute atomic E-state index is 0.0517. The molecule has 0 spiro atoms. The molecule has 0 atom stereocenters. The van der Waals surface area contributed by atoms with Gasteiger partial charge >= 0.3 is 0 Å². The lowest BCUT2D eigenvalue weighted by Crippen LogP contribution is -2.25. The van der Waals surface area contributed by atoms with Gasteiger partial charge in [-0.3, -0.25) is 4.79 Å². The molecule has 0 radical (unpaired) electrons. The first-order valence-corrected chi connectivity index (χ1v) is 5.40. The summed E-state index contributed by atoms with van der Waals surface area (Å²) in [7, 11) is 1.65. The van der Waals surface area contributed by atoms with Crippen LogP contribution in [0.25, 0.3) is 0 Å². The Labute approximate surface area is 94.1 Å². The Morgan fingerprint density at radius 2 is 2.44 bits per heavy atom. The summed E-state index contributed by atoms with van der Waals surface area (Å²) in [5.74, 6) is 0.687. The van der Waals surface area contributed by atoms with Crippen molar-refractivity contribution in [2.45, 2.75) is 26.2 Å². The summed E-state index contributed by atoms with van der Waals surface area (Å²) >= 11 is 0. The van der Waals surface area contributed by atoms with Gasteiger partial charge in [-0.15, -0.1) is 0 Å². The van der Waals surface area contributed by atoms with Gasteiger partial charge in [0.1, 0.15) is 5.69 Å². The molecule has 1 aliphatic carbocycles. The molecule has 16 heavy (non-hydrogen) atoms. The Morgan fingerprint density at radius 3 is 2.94 bits per heavy atom. The molecule has 0 saturated heterocycles. The molecule has 1 N–H and O–H groups in total. The molecule has 1 aromatic heterocycles. The highest BCUT2D eigenvalue weighted by Gasteiger charge is 2.49. The van der Waals surface area contributed by atoms with Crippen molar-refractivity contribution in [1.82, 2.24) is 5.16 Å². The molecule has 0 bridgehead atoms. The van der Waals surface area contributed by atoms with E-state index in [-0.39, 0.29) is 11.3 Å². The Bertz CT molecular complexity index is 382. The van der Waals surface area contributed by atoms with Crippen LogP contribution >= 0.6 is 0 Å². The van der Waals surface area contributed by atoms with Crippen LogP contribution in [-0.4, -0.2) is 24.8 Å². The van der Waals surface area contributed by atoms with Crippen molar-refractivity contribution in [3.8, 4) is 0 Å². The van der Waals surface area contributed by atoms with Gasteiger partial charge in [-0.25, -0.2) is 0 Å². The van der Waals surface area contributed by atoms with Crippen molar-refractivity contribution in [2.75, 3.05) is 19.0 Å². The number of aryl methyl sites for hydroxylation is 1. The Kier molecular flexibility index (Phi) is 2.96. The number of carbonyl (C=O) groups excluding carboxylic acids is 1. The second kappa shape index (κ2) is 4.25. The van der Waals surface area contributed by atoms with Crippen LogP contribution in [0.5, 0.6) is 0 Å². The molecule has 1 amide bonds. The minimum Gasteiger partial charge on any atom is -0.385 e. The highest BCUT2D eigenvalue weighted by Crippen LogP contribution is 2.49. The fourth-order valence-electron chi connectivity index (χ4n) is 1.71. The number of carbonyl (C=O) groups is 1. The maximum atomic E-state index is 12.0. The van der Waals surface area contributed by atoms with E-state index in [1.807, 2.05) is 0 Å². The number of hydrogen-bond acceptors (Lipinski definition) is 4. The molecule has 1 fully saturated rings. The number of hydrogen-bond donors (Lipinski definition) is 1. The van der Waals surface area contributed by atoms with Crippen LogP contribution in [0, 0.1) is 12.3 Å². The Hall–Kier alpha value is -1.36. The zero-order valence-electron chi connectivity index (χ0n) is 9.58. The van der Waals surface area contributed by atoms with Crippen LogP contribution in [-0.2, 0) is 9.53 Å². The highest BCUT2D eigenvalue weighted by molar-refractivity contribution is 5.97. The summed E-state index contributed by atoms with van der Waals surface area (Å²) in [5.41, 5.74) is 0.438. The zero-order valence-corrected chi connectivity index (χ0v) is 9.58. The molecule has 1 aromatic rings. The molecule has 0 unspecified atom stereocenters. The lowest BCUT2D eigenvalue weighted by Gasteiger charge is -2.13. The van der Waals surface area contributed by atoms with E-state index in [2.05, 4.69) is 10.5 Å². The van der Waals surface area contributed by atoms with Gasteiger partial charge in [0.15, 0.2) is 5.76 Å². The number of amides is 1. The number of methoxy groups -OCH3 is 1. The third kappa shape index (κ3) is 2.09. The summed E-state index contributed by atoms with van der Waals surface area (Å²) in [6.45, 7) is 2.40. The maximum absolute atomic E-state index is 12.0. The van der Waals surface area contributed by atoms with E-state index in [9.17, 15) is 4.79 Å². The molecule has 0 aromatic carbocycles. The Morgan fingerprint density at radius 1 is 1.69 bits per heavy atom. The van der Waals surface area contributed by atoms with E-state index in [1.54, 1.807) is 14.0 Å². The molecule has 1 saturated carbocycles. The average Bonchev–Trinajstić information content (AvgIpc) is 2.97. The summed E-state index contributed by atoms with van der Waals surface area (Å²) in [4.78, 5) is 12.0. The molecule has 0 aliphatic heterocycles. The van der Waals surface area contributed by atoms with E-state index in [0.717, 1.165) is 19.3 Å². The number of nitrogens with one attached hydrogen (secondary N) is 1. The first-order valence-electron chi connectivity index (χ1n) is 5.40. The molecular weight excluding hydrogens is 208 g/mol. The van der Waals surface area contributed by atoms with E-state index in [4.69, 9.17) is 9.26 Å². The standard InChI is InChI=1S/C11H16N2O3/c1-8-9(7-12-16-8)13-10(14)11(3-4-11)5-6-15-2/h7H,3-6H2,1-2H3,(H,13,14). The van der Waals surface area contributed by atoms with Crippen LogP contribution in [0.2, 0.25) is 0 Å². The minimum atomic E-state index is -0.222. The summed E-state index contributed by atoms with van der Waals surface area (Å²) < 4.78 is 9.91. The van der Waals surface area contributed by atoms with E-state index >= 15 is 0 Å². The first-order chi connectivity index (χ1) is 7.68. The van der Waals surface area contributed by atoms with Gasteiger partial charge in [-0.1, -0.05) is 5.16 Å². The molecule has 2 rings (SSSR count). The molecule has 5 heteroatoms. The fourth-order valence-corrected chi connectivity index (χ4v) is 1.71. The predicted octanol–water partition coefficient (Wildman–Crippen LogP) is 1.74. The molecule has 5 nitrogen and oxygen atoms in total. The molecular formula is C11H16N2O3. The van der Waals surface area contributed by atoms with Crippen LogP contribution < -0.4 is 5.32 Å². The van der Waals surface area contributed by atoms with E-state index < -0.39 is 0 Å². The first kappa shape index (κ1) is 11.1. The maximum Gasteiger partial charge on any atom is 0.230 e. The zero-order chi connectivity index (χ0) is 11.6. The van der Waals surface area contributed by atoms with Gasteiger partial charge < -0.3 is 14.6 Å². The van der Waals surface area contributed by atoms with Crippen LogP contribution in [0.15, 0.2) is 10.7 Å². The smallest absolute Gasteiger partial charge is 0.230 e. The van der Waals surface area contributed by atoms with Gasteiger partial charge in [0.25, 0.3) is 0 Å². The van der Waals surface area contributed by atoms with Crippen molar-refractivity contribution in [2.24, 2.45) is 5.41 Å². The van der Waals surface area contributed by atoms with E-state index in [1.165, 1.54) is 6.20 Å². The number of ether oxygens (including phenoxy) is 1. The highest BCUT2D eigenvalue weighted by atomic mass is 16.5. The lowest BCUT2D eigenvalue weighted by molar-refractivity contribution is -0.121. The third-order valence-electron chi connectivity index (χ3n) is 3.12. The van der Waals surface area contributed by atoms with Gasteiger partial charge in [0.05, 0.1) is 11.6 Å². The van der Waals surface area contributed by atoms with Gasteiger partial charge in [-0.2, -0.15) is 0 Å². The summed E-state index contributed by atoms with van der Waals surface area (Å²) in [6, 6.07) is 0. The SMILES string of the molecule is COCCC1(C(=O)Nc2cnoc2C)CC1. The topological polar surface area (TPSA) is 64.4 Å². The third-order valence-corrected chi connectivity index (χ3v) is 3.12. The van der Waals surface area contributed by atoms with Crippen molar-refractivity contribution < 1.29 is 14.1 Å². The quantitative estimate of drug-likeness (QED) is 0.827. The largest absolute Gasteiger partial charge is 0.385 e. The summed E-state index contributed by atoms with van der Waals surface area (Å²) in [5, 5.41) is 6.48.